The average molecular weight is 272 g/mol. The highest BCUT2D eigenvalue weighted by molar-refractivity contribution is 6.05. The van der Waals surface area contributed by atoms with Gasteiger partial charge in [-0.05, 0) is 18.9 Å². The van der Waals surface area contributed by atoms with Crippen LogP contribution in [-0.4, -0.2) is 29.8 Å². The van der Waals surface area contributed by atoms with Gasteiger partial charge in [0.1, 0.15) is 11.8 Å². The molecule has 1 aromatic carbocycles. The summed E-state index contributed by atoms with van der Waals surface area (Å²) < 4.78 is 5.40. The third kappa shape index (κ3) is 2.15. The summed E-state index contributed by atoms with van der Waals surface area (Å²) in [5, 5.41) is 0.828. The van der Waals surface area contributed by atoms with E-state index in [1.807, 2.05) is 24.3 Å². The van der Waals surface area contributed by atoms with E-state index in [1.54, 1.807) is 4.90 Å². The minimum absolute atomic E-state index is 0.0436. The SMILES string of the molecule is NC(=O)C1CCN(C(=O)c2coc3ccccc23)CC1. The highest BCUT2D eigenvalue weighted by Crippen LogP contribution is 2.24. The number of nitrogens with two attached hydrogens (primary N) is 1. The molecule has 1 aromatic heterocycles. The topological polar surface area (TPSA) is 76.5 Å². The molecule has 2 amide bonds. The Labute approximate surface area is 116 Å². The number of rotatable bonds is 2. The number of piperidine rings is 1. The van der Waals surface area contributed by atoms with E-state index in [0.717, 1.165) is 5.39 Å². The van der Waals surface area contributed by atoms with Gasteiger partial charge in [-0.1, -0.05) is 18.2 Å². The van der Waals surface area contributed by atoms with Crippen molar-refractivity contribution in [3.05, 3.63) is 36.1 Å². The number of nitrogens with zero attached hydrogens (tertiary/aromatic N) is 1. The molecule has 0 radical (unpaired) electrons. The summed E-state index contributed by atoms with van der Waals surface area (Å²) >= 11 is 0. The van der Waals surface area contributed by atoms with Crippen LogP contribution in [0.15, 0.2) is 34.9 Å². The van der Waals surface area contributed by atoms with Gasteiger partial charge in [0, 0.05) is 24.4 Å². The molecule has 0 saturated carbocycles. The van der Waals surface area contributed by atoms with Crippen LogP contribution in [0.4, 0.5) is 0 Å². The van der Waals surface area contributed by atoms with Crippen LogP contribution in [0, 0.1) is 5.92 Å². The van der Waals surface area contributed by atoms with E-state index >= 15 is 0 Å². The zero-order valence-electron chi connectivity index (χ0n) is 11.0. The Kier molecular flexibility index (Phi) is 3.18. The van der Waals surface area contributed by atoms with Crippen LogP contribution >= 0.6 is 0 Å². The van der Waals surface area contributed by atoms with Gasteiger partial charge in [-0.25, -0.2) is 0 Å². The van der Waals surface area contributed by atoms with Crippen LogP contribution in [-0.2, 0) is 4.79 Å². The average Bonchev–Trinajstić information content (AvgIpc) is 2.90. The van der Waals surface area contributed by atoms with Gasteiger partial charge in [-0.3, -0.25) is 9.59 Å². The highest BCUT2D eigenvalue weighted by atomic mass is 16.3. The first-order valence-corrected chi connectivity index (χ1v) is 6.71. The quantitative estimate of drug-likeness (QED) is 0.905. The Morgan fingerprint density at radius 1 is 1.20 bits per heavy atom. The molecule has 2 N–H and O–H groups in total. The van der Waals surface area contributed by atoms with Gasteiger partial charge < -0.3 is 15.1 Å². The highest BCUT2D eigenvalue weighted by Gasteiger charge is 2.27. The van der Waals surface area contributed by atoms with E-state index in [0.29, 0.717) is 37.1 Å². The molecule has 1 aliphatic heterocycles. The molecule has 0 atom stereocenters. The molecule has 1 saturated heterocycles. The van der Waals surface area contributed by atoms with Gasteiger partial charge in [0.05, 0.1) is 5.56 Å². The fourth-order valence-electron chi connectivity index (χ4n) is 2.68. The molecular formula is C15H16N2O3. The predicted octanol–water partition coefficient (Wildman–Crippen LogP) is 1.77. The van der Waals surface area contributed by atoms with Crippen molar-refractivity contribution in [2.75, 3.05) is 13.1 Å². The molecule has 2 aromatic rings. The number of furan rings is 1. The summed E-state index contributed by atoms with van der Waals surface area (Å²) in [6.07, 6.45) is 2.78. The monoisotopic (exact) mass is 272 g/mol. The maximum atomic E-state index is 12.5. The summed E-state index contributed by atoms with van der Waals surface area (Å²) in [7, 11) is 0. The van der Waals surface area contributed by atoms with Crippen LogP contribution in [0.5, 0.6) is 0 Å². The fourth-order valence-corrected chi connectivity index (χ4v) is 2.68. The molecule has 20 heavy (non-hydrogen) atoms. The first kappa shape index (κ1) is 12.7. The number of benzene rings is 1. The minimum atomic E-state index is -0.272. The van der Waals surface area contributed by atoms with Crippen molar-refractivity contribution in [1.82, 2.24) is 4.90 Å². The standard InChI is InChI=1S/C15H16N2O3/c16-14(18)10-5-7-17(8-6-10)15(19)12-9-20-13-4-2-1-3-11(12)13/h1-4,9-10H,5-8H2,(H2,16,18). The second-order valence-electron chi connectivity index (χ2n) is 5.11. The van der Waals surface area contributed by atoms with Crippen molar-refractivity contribution in [2.24, 2.45) is 11.7 Å². The largest absolute Gasteiger partial charge is 0.463 e. The van der Waals surface area contributed by atoms with Gasteiger partial charge in [0.25, 0.3) is 5.91 Å². The maximum Gasteiger partial charge on any atom is 0.257 e. The Balaban J connectivity index is 1.78. The number of primary amides is 1. The van der Waals surface area contributed by atoms with Gasteiger partial charge in [-0.2, -0.15) is 0 Å². The van der Waals surface area contributed by atoms with Crippen LogP contribution in [0.1, 0.15) is 23.2 Å². The number of carbonyl (C=O) groups excluding carboxylic acids is 2. The van der Waals surface area contributed by atoms with Crippen LogP contribution < -0.4 is 5.73 Å². The number of carbonyl (C=O) groups is 2. The number of likely N-dealkylation sites (tertiary alicyclic amines) is 1. The third-order valence-corrected chi connectivity index (χ3v) is 3.90. The van der Waals surface area contributed by atoms with Gasteiger partial charge in [0.2, 0.25) is 5.91 Å². The van der Waals surface area contributed by atoms with E-state index in [4.69, 9.17) is 10.2 Å². The van der Waals surface area contributed by atoms with Crippen LogP contribution in [0.2, 0.25) is 0 Å². The van der Waals surface area contributed by atoms with Crippen LogP contribution in [0.3, 0.4) is 0 Å². The molecule has 0 unspecified atom stereocenters. The van der Waals surface area contributed by atoms with E-state index in [9.17, 15) is 9.59 Å². The van der Waals surface area contributed by atoms with Crippen molar-refractivity contribution in [2.45, 2.75) is 12.8 Å². The number of para-hydroxylation sites is 1. The second-order valence-corrected chi connectivity index (χ2v) is 5.11. The lowest BCUT2D eigenvalue weighted by atomic mass is 9.96. The molecule has 5 heteroatoms. The molecular weight excluding hydrogens is 256 g/mol. The Bertz CT molecular complexity index is 654. The van der Waals surface area contributed by atoms with Gasteiger partial charge in [-0.15, -0.1) is 0 Å². The molecule has 3 rings (SSSR count). The summed E-state index contributed by atoms with van der Waals surface area (Å²) in [6, 6.07) is 7.47. The van der Waals surface area contributed by atoms with Crippen molar-refractivity contribution < 1.29 is 14.0 Å². The van der Waals surface area contributed by atoms with Gasteiger partial charge >= 0.3 is 0 Å². The summed E-state index contributed by atoms with van der Waals surface area (Å²) in [4.78, 5) is 25.4. The molecule has 0 aliphatic carbocycles. The number of hydrogen-bond donors (Lipinski definition) is 1. The molecule has 0 bridgehead atoms. The van der Waals surface area contributed by atoms with Crippen LogP contribution in [0.25, 0.3) is 11.0 Å². The molecule has 5 nitrogen and oxygen atoms in total. The number of hydrogen-bond acceptors (Lipinski definition) is 3. The predicted molar refractivity (Wildman–Crippen MR) is 74.0 cm³/mol. The molecule has 104 valence electrons. The number of fused-ring (bicyclic) bond motifs is 1. The number of amides is 2. The summed E-state index contributed by atoms with van der Waals surface area (Å²) in [5.41, 5.74) is 6.59. The van der Waals surface area contributed by atoms with E-state index in [2.05, 4.69) is 0 Å². The van der Waals surface area contributed by atoms with Crippen molar-refractivity contribution in [1.29, 1.82) is 0 Å². The summed E-state index contributed by atoms with van der Waals surface area (Å²) in [6.45, 7) is 1.12. The van der Waals surface area contributed by atoms with E-state index in [-0.39, 0.29) is 17.7 Å². The van der Waals surface area contributed by atoms with Crippen molar-refractivity contribution in [3.8, 4) is 0 Å². The Morgan fingerprint density at radius 3 is 2.60 bits per heavy atom. The molecule has 0 spiro atoms. The van der Waals surface area contributed by atoms with Crippen molar-refractivity contribution >= 4 is 22.8 Å². The second kappa shape index (κ2) is 5.00. The lowest BCUT2D eigenvalue weighted by molar-refractivity contribution is -0.123. The molecule has 2 heterocycles. The third-order valence-electron chi connectivity index (χ3n) is 3.90. The maximum absolute atomic E-state index is 12.5. The lowest BCUT2D eigenvalue weighted by Crippen LogP contribution is -2.41. The van der Waals surface area contributed by atoms with E-state index in [1.165, 1.54) is 6.26 Å². The lowest BCUT2D eigenvalue weighted by Gasteiger charge is -2.30. The Hall–Kier alpha value is -2.30. The molecule has 1 fully saturated rings. The van der Waals surface area contributed by atoms with Crippen molar-refractivity contribution in [3.63, 3.8) is 0 Å². The first-order chi connectivity index (χ1) is 9.66. The van der Waals surface area contributed by atoms with E-state index < -0.39 is 0 Å². The fraction of sp³-hybridized carbons (Fsp3) is 0.333. The van der Waals surface area contributed by atoms with Gasteiger partial charge in [0.15, 0.2) is 0 Å². The first-order valence-electron chi connectivity index (χ1n) is 6.71. The normalized spacial score (nSPS) is 16.5. The molecule has 1 aliphatic rings. The minimum Gasteiger partial charge on any atom is -0.463 e. The Morgan fingerprint density at radius 2 is 1.90 bits per heavy atom. The zero-order valence-corrected chi connectivity index (χ0v) is 11.0. The smallest absolute Gasteiger partial charge is 0.257 e. The summed E-state index contributed by atoms with van der Waals surface area (Å²) in [5.74, 6) is -0.427. The zero-order chi connectivity index (χ0) is 14.1.